The fourth-order valence-electron chi connectivity index (χ4n) is 3.31. The summed E-state index contributed by atoms with van der Waals surface area (Å²) in [5.41, 5.74) is 4.40. The van der Waals surface area contributed by atoms with Crippen LogP contribution >= 0.6 is 0 Å². The van der Waals surface area contributed by atoms with E-state index in [0.29, 0.717) is 30.1 Å². The Morgan fingerprint density at radius 3 is 2.75 bits per heavy atom. The second-order valence-corrected chi connectivity index (χ2v) is 5.56. The minimum absolute atomic E-state index is 0.386. The molecule has 3 nitrogen and oxygen atoms in total. The van der Waals surface area contributed by atoms with E-state index >= 15 is 0 Å². The Morgan fingerprint density at radius 1 is 1.35 bits per heavy atom. The summed E-state index contributed by atoms with van der Waals surface area (Å²) in [4.78, 5) is 14.9. The van der Waals surface area contributed by atoms with Crippen LogP contribution in [0.5, 0.6) is 0 Å². The van der Waals surface area contributed by atoms with E-state index in [-0.39, 0.29) is 0 Å². The van der Waals surface area contributed by atoms with Gasteiger partial charge in [0.15, 0.2) is 0 Å². The maximum atomic E-state index is 11.4. The lowest BCUT2D eigenvalue weighted by molar-refractivity contribution is -0.120. The van der Waals surface area contributed by atoms with Crippen molar-refractivity contribution < 1.29 is 4.79 Å². The minimum atomic E-state index is 0.386. The van der Waals surface area contributed by atoms with Gasteiger partial charge in [-0.3, -0.25) is 4.79 Å². The van der Waals surface area contributed by atoms with Crippen molar-refractivity contribution in [1.82, 2.24) is 4.98 Å². The highest BCUT2D eigenvalue weighted by Gasteiger charge is 2.25. The second-order valence-electron chi connectivity index (χ2n) is 5.56. The lowest BCUT2D eigenvalue weighted by Crippen LogP contribution is -2.13. The molecule has 1 saturated carbocycles. The number of nitrogens with zero attached hydrogens (tertiary/aromatic N) is 1. The number of hydrogen-bond acceptors (Lipinski definition) is 2. The van der Waals surface area contributed by atoms with Crippen LogP contribution in [0.25, 0.3) is 10.9 Å². The molecule has 1 aromatic heterocycles. The van der Waals surface area contributed by atoms with Crippen LogP contribution in [0.4, 0.5) is 0 Å². The van der Waals surface area contributed by atoms with Gasteiger partial charge in [-0.25, -0.2) is 0 Å². The van der Waals surface area contributed by atoms with E-state index in [2.05, 4.69) is 18.0 Å². The van der Waals surface area contributed by atoms with Crippen LogP contribution in [0.3, 0.4) is 0 Å². The fourth-order valence-corrected chi connectivity index (χ4v) is 3.31. The molecule has 1 aliphatic rings. The first kappa shape index (κ1) is 12.9. The van der Waals surface area contributed by atoms with Crippen LogP contribution in [-0.4, -0.2) is 10.8 Å². The molecule has 0 bridgehead atoms. The van der Waals surface area contributed by atoms with Gasteiger partial charge in [-0.2, -0.15) is 5.26 Å². The lowest BCUT2D eigenvalue weighted by Gasteiger charge is -2.22. The lowest BCUT2D eigenvalue weighted by atomic mass is 9.81. The highest BCUT2D eigenvalue weighted by atomic mass is 16.1. The van der Waals surface area contributed by atoms with Gasteiger partial charge in [0.1, 0.15) is 5.78 Å². The second kappa shape index (κ2) is 5.13. The Bertz CT molecular complexity index is 696. The highest BCUT2D eigenvalue weighted by molar-refractivity contribution is 5.87. The number of H-pyrrole nitrogens is 1. The average Bonchev–Trinajstić information content (AvgIpc) is 2.85. The summed E-state index contributed by atoms with van der Waals surface area (Å²) in [5.74, 6) is 0.835. The Hall–Kier alpha value is -2.08. The Kier molecular flexibility index (Phi) is 3.31. The highest BCUT2D eigenvalue weighted by Crippen LogP contribution is 2.38. The molecule has 0 unspecified atom stereocenters. The smallest absolute Gasteiger partial charge is 0.132 e. The third kappa shape index (κ3) is 2.12. The van der Waals surface area contributed by atoms with Crippen LogP contribution in [-0.2, 0) is 11.2 Å². The zero-order valence-electron chi connectivity index (χ0n) is 11.7. The summed E-state index contributed by atoms with van der Waals surface area (Å²) in [6, 6.07) is 8.04. The quantitative estimate of drug-likeness (QED) is 0.898. The molecule has 1 N–H and O–H groups in total. The number of nitriles is 1. The van der Waals surface area contributed by atoms with E-state index in [1.165, 1.54) is 16.6 Å². The molecule has 1 heterocycles. The fraction of sp³-hybridized carbons (Fsp3) is 0.412. The first-order valence-electron chi connectivity index (χ1n) is 7.29. The predicted octanol–water partition coefficient (Wildman–Crippen LogP) is 3.83. The Labute approximate surface area is 118 Å². The van der Waals surface area contributed by atoms with Crippen LogP contribution in [0.15, 0.2) is 18.2 Å². The number of carbonyl (C=O) groups excluding carboxylic acids is 1. The molecule has 3 rings (SSSR count). The third-order valence-electron chi connectivity index (χ3n) is 4.35. The van der Waals surface area contributed by atoms with Gasteiger partial charge in [-0.15, -0.1) is 0 Å². The van der Waals surface area contributed by atoms with Crippen LogP contribution in [0.2, 0.25) is 0 Å². The minimum Gasteiger partial charge on any atom is -0.358 e. The standard InChI is InChI=1S/C17H18N2O/c1-2-15-17(12-4-6-13(20)7-5-12)14-9-11(10-18)3-8-16(14)19-15/h3,8-9,12,19H,2,4-7H2,1H3. The van der Waals surface area contributed by atoms with Gasteiger partial charge in [0.25, 0.3) is 0 Å². The molecule has 2 aromatic rings. The van der Waals surface area contributed by atoms with E-state index in [0.717, 1.165) is 24.8 Å². The Morgan fingerprint density at radius 2 is 2.10 bits per heavy atom. The monoisotopic (exact) mass is 266 g/mol. The molecule has 1 aromatic carbocycles. The van der Waals surface area contributed by atoms with Crippen molar-refractivity contribution in [3.05, 3.63) is 35.0 Å². The molecular weight excluding hydrogens is 248 g/mol. The summed E-state index contributed by atoms with van der Waals surface area (Å²) in [6.45, 7) is 2.15. The van der Waals surface area contributed by atoms with Crippen LogP contribution in [0.1, 0.15) is 55.3 Å². The molecule has 20 heavy (non-hydrogen) atoms. The van der Waals surface area contributed by atoms with Crippen molar-refractivity contribution in [2.45, 2.75) is 44.9 Å². The number of rotatable bonds is 2. The molecule has 3 heteroatoms. The zero-order valence-corrected chi connectivity index (χ0v) is 11.7. The van der Waals surface area contributed by atoms with Crippen LogP contribution in [0, 0.1) is 11.3 Å². The largest absolute Gasteiger partial charge is 0.358 e. The number of aromatic nitrogens is 1. The number of Topliss-reactive ketones (excluding diaryl/α,β-unsaturated/α-hetero) is 1. The van der Waals surface area contributed by atoms with Crippen molar-refractivity contribution in [3.8, 4) is 6.07 Å². The zero-order chi connectivity index (χ0) is 14.1. The van der Waals surface area contributed by atoms with Gasteiger partial charge in [0, 0.05) is 29.4 Å². The van der Waals surface area contributed by atoms with E-state index in [9.17, 15) is 4.79 Å². The molecule has 0 atom stereocenters. The van der Waals surface area contributed by atoms with Gasteiger partial charge >= 0.3 is 0 Å². The summed E-state index contributed by atoms with van der Waals surface area (Å²) >= 11 is 0. The van der Waals surface area contributed by atoms with Gasteiger partial charge in [0.05, 0.1) is 11.6 Å². The van der Waals surface area contributed by atoms with E-state index in [1.54, 1.807) is 0 Å². The summed E-state index contributed by atoms with van der Waals surface area (Å²) in [7, 11) is 0. The number of nitrogens with one attached hydrogen (secondary N) is 1. The van der Waals surface area contributed by atoms with Crippen LogP contribution < -0.4 is 0 Å². The molecule has 1 aliphatic carbocycles. The molecule has 0 aliphatic heterocycles. The summed E-state index contributed by atoms with van der Waals surface area (Å²) in [6.07, 6.45) is 4.22. The topological polar surface area (TPSA) is 56.6 Å². The molecule has 0 spiro atoms. The van der Waals surface area contributed by atoms with Crippen molar-refractivity contribution in [2.75, 3.05) is 0 Å². The molecule has 0 radical (unpaired) electrons. The van der Waals surface area contributed by atoms with E-state index < -0.39 is 0 Å². The molecule has 0 saturated heterocycles. The number of fused-ring (bicyclic) bond motifs is 1. The van der Waals surface area contributed by atoms with Crippen molar-refractivity contribution in [1.29, 1.82) is 5.26 Å². The number of hydrogen-bond donors (Lipinski definition) is 1. The first-order valence-corrected chi connectivity index (χ1v) is 7.29. The van der Waals surface area contributed by atoms with Gasteiger partial charge in [-0.1, -0.05) is 6.92 Å². The number of ketones is 1. The van der Waals surface area contributed by atoms with Gasteiger partial charge < -0.3 is 4.98 Å². The molecule has 1 fully saturated rings. The first-order chi connectivity index (χ1) is 9.72. The third-order valence-corrected chi connectivity index (χ3v) is 4.35. The van der Waals surface area contributed by atoms with Gasteiger partial charge in [0.2, 0.25) is 0 Å². The SMILES string of the molecule is CCc1[nH]c2ccc(C#N)cc2c1C1CCC(=O)CC1. The van der Waals surface area contributed by atoms with Gasteiger partial charge in [-0.05, 0) is 48.9 Å². The summed E-state index contributed by atoms with van der Waals surface area (Å²) in [5, 5.41) is 10.3. The number of benzene rings is 1. The normalized spacial score (nSPS) is 16.5. The van der Waals surface area contributed by atoms with Crippen molar-refractivity contribution in [3.63, 3.8) is 0 Å². The van der Waals surface area contributed by atoms with Crippen molar-refractivity contribution >= 4 is 16.7 Å². The Balaban J connectivity index is 2.11. The number of aromatic amines is 1. The molecule has 102 valence electrons. The van der Waals surface area contributed by atoms with Crippen molar-refractivity contribution in [2.24, 2.45) is 0 Å². The number of carbonyl (C=O) groups is 1. The summed E-state index contributed by atoms with van der Waals surface area (Å²) < 4.78 is 0. The molecule has 0 amide bonds. The predicted molar refractivity (Wildman–Crippen MR) is 78.6 cm³/mol. The maximum absolute atomic E-state index is 11.4. The maximum Gasteiger partial charge on any atom is 0.132 e. The van der Waals surface area contributed by atoms with E-state index in [4.69, 9.17) is 5.26 Å². The van der Waals surface area contributed by atoms with E-state index in [1.807, 2.05) is 18.2 Å². The average molecular weight is 266 g/mol. The number of aryl methyl sites for hydroxylation is 1. The molecular formula is C17H18N2O.